The summed E-state index contributed by atoms with van der Waals surface area (Å²) in [5.74, 6) is 0. The number of hydrogen-bond acceptors (Lipinski definition) is 3. The molecule has 1 aromatic rings. The van der Waals surface area contributed by atoms with E-state index in [1.165, 1.54) is 0 Å². The molecule has 1 rings (SSSR count). The first-order valence-corrected chi connectivity index (χ1v) is 5.16. The summed E-state index contributed by atoms with van der Waals surface area (Å²) in [7, 11) is 0. The van der Waals surface area contributed by atoms with Crippen LogP contribution in [0.15, 0.2) is 24.3 Å². The highest BCUT2D eigenvalue weighted by Gasteiger charge is 2.06. The Morgan fingerprint density at radius 2 is 2.33 bits per heavy atom. The molecule has 0 aliphatic rings. The Morgan fingerprint density at radius 3 is 3.00 bits per heavy atom. The number of aliphatic hydroxyl groups is 1. The normalized spacial score (nSPS) is 12.1. The first-order valence-electron chi connectivity index (χ1n) is 5.16. The Hall–Kier alpha value is -1.37. The molecule has 0 amide bonds. The molecule has 3 nitrogen and oxygen atoms in total. The van der Waals surface area contributed by atoms with Crippen LogP contribution in [0.5, 0.6) is 0 Å². The third-order valence-electron chi connectivity index (χ3n) is 2.16. The highest BCUT2D eigenvalue weighted by atomic mass is 16.3. The molecule has 0 spiro atoms. The summed E-state index contributed by atoms with van der Waals surface area (Å²) in [5, 5.41) is 21.6. The van der Waals surface area contributed by atoms with Crippen LogP contribution in [0, 0.1) is 11.3 Å². The lowest BCUT2D eigenvalue weighted by molar-refractivity contribution is 0.175. The van der Waals surface area contributed by atoms with Crippen LogP contribution < -0.4 is 5.32 Å². The van der Waals surface area contributed by atoms with E-state index in [1.807, 2.05) is 6.07 Å². The van der Waals surface area contributed by atoms with Crippen molar-refractivity contribution in [2.45, 2.75) is 19.4 Å². The molecule has 1 unspecified atom stereocenters. The Morgan fingerprint density at radius 1 is 1.53 bits per heavy atom. The summed E-state index contributed by atoms with van der Waals surface area (Å²) in [6.45, 7) is 3.51. The van der Waals surface area contributed by atoms with Gasteiger partial charge in [-0.05, 0) is 30.7 Å². The van der Waals surface area contributed by atoms with Crippen LogP contribution in [0.2, 0.25) is 0 Å². The number of hydrogen-bond donors (Lipinski definition) is 2. The fourth-order valence-corrected chi connectivity index (χ4v) is 1.35. The van der Waals surface area contributed by atoms with Crippen molar-refractivity contribution in [2.24, 2.45) is 0 Å². The predicted octanol–water partition coefficient (Wildman–Crippen LogP) is 1.59. The highest BCUT2D eigenvalue weighted by Crippen LogP contribution is 2.13. The van der Waals surface area contributed by atoms with Crippen LogP contribution in [0.25, 0.3) is 0 Å². The van der Waals surface area contributed by atoms with Crippen molar-refractivity contribution in [1.29, 1.82) is 5.26 Å². The summed E-state index contributed by atoms with van der Waals surface area (Å²) in [4.78, 5) is 0. The smallest absolute Gasteiger partial charge is 0.0991 e. The maximum absolute atomic E-state index is 9.80. The molecule has 0 aromatic heterocycles. The Bertz CT molecular complexity index is 344. The lowest BCUT2D eigenvalue weighted by atomic mass is 10.1. The van der Waals surface area contributed by atoms with Crippen LogP contribution >= 0.6 is 0 Å². The highest BCUT2D eigenvalue weighted by molar-refractivity contribution is 5.33. The third-order valence-corrected chi connectivity index (χ3v) is 2.16. The number of aliphatic hydroxyl groups excluding tert-OH is 1. The van der Waals surface area contributed by atoms with Gasteiger partial charge in [-0.15, -0.1) is 0 Å². The van der Waals surface area contributed by atoms with Gasteiger partial charge in [0.25, 0.3) is 0 Å². The zero-order valence-electron chi connectivity index (χ0n) is 8.90. The molecule has 0 aliphatic heterocycles. The maximum Gasteiger partial charge on any atom is 0.0991 e. The van der Waals surface area contributed by atoms with Gasteiger partial charge in [0, 0.05) is 6.54 Å². The lowest BCUT2D eigenvalue weighted by Gasteiger charge is -2.11. The minimum atomic E-state index is -0.537. The first-order chi connectivity index (χ1) is 7.27. The van der Waals surface area contributed by atoms with Gasteiger partial charge in [-0.25, -0.2) is 0 Å². The Labute approximate surface area is 90.4 Å². The van der Waals surface area contributed by atoms with Gasteiger partial charge in [0.2, 0.25) is 0 Å². The fourth-order valence-electron chi connectivity index (χ4n) is 1.35. The minimum absolute atomic E-state index is 0.530. The first kappa shape index (κ1) is 11.7. The second kappa shape index (κ2) is 6.18. The largest absolute Gasteiger partial charge is 0.387 e. The molecule has 0 fully saturated rings. The predicted molar refractivity (Wildman–Crippen MR) is 59.3 cm³/mol. The van der Waals surface area contributed by atoms with Gasteiger partial charge >= 0.3 is 0 Å². The number of nitriles is 1. The average molecular weight is 204 g/mol. The molecule has 3 heteroatoms. The molecule has 0 bridgehead atoms. The van der Waals surface area contributed by atoms with Gasteiger partial charge in [-0.2, -0.15) is 5.26 Å². The molecule has 0 saturated carbocycles. The van der Waals surface area contributed by atoms with E-state index in [4.69, 9.17) is 5.26 Å². The van der Waals surface area contributed by atoms with Gasteiger partial charge < -0.3 is 10.4 Å². The molecular formula is C12H16N2O. The summed E-state index contributed by atoms with van der Waals surface area (Å²) < 4.78 is 0. The van der Waals surface area contributed by atoms with Crippen molar-refractivity contribution < 1.29 is 5.11 Å². The molecule has 0 saturated heterocycles. The van der Waals surface area contributed by atoms with Crippen LogP contribution in [0.3, 0.4) is 0 Å². The zero-order chi connectivity index (χ0) is 11.1. The topological polar surface area (TPSA) is 56.0 Å². The van der Waals surface area contributed by atoms with Crippen molar-refractivity contribution in [3.63, 3.8) is 0 Å². The molecule has 0 heterocycles. The summed E-state index contributed by atoms with van der Waals surface area (Å²) in [6.07, 6.45) is 0.509. The SMILES string of the molecule is CCCNCC(O)c1cccc(C#N)c1. The van der Waals surface area contributed by atoms with Gasteiger partial charge in [-0.1, -0.05) is 19.1 Å². The lowest BCUT2D eigenvalue weighted by Crippen LogP contribution is -2.22. The van der Waals surface area contributed by atoms with Crippen molar-refractivity contribution >= 4 is 0 Å². The summed E-state index contributed by atoms with van der Waals surface area (Å²) >= 11 is 0. The molecule has 0 radical (unpaired) electrons. The van der Waals surface area contributed by atoms with Crippen LogP contribution in [-0.4, -0.2) is 18.2 Å². The van der Waals surface area contributed by atoms with Crippen molar-refractivity contribution in [2.75, 3.05) is 13.1 Å². The van der Waals surface area contributed by atoms with Gasteiger partial charge in [0.1, 0.15) is 0 Å². The van der Waals surface area contributed by atoms with Crippen LogP contribution in [0.1, 0.15) is 30.6 Å². The van der Waals surface area contributed by atoms with E-state index in [0.29, 0.717) is 12.1 Å². The number of rotatable bonds is 5. The standard InChI is InChI=1S/C12H16N2O/c1-2-6-14-9-12(15)11-5-3-4-10(7-11)8-13/h3-5,7,12,14-15H,2,6,9H2,1H3. The van der Waals surface area contributed by atoms with E-state index >= 15 is 0 Å². The molecule has 1 aromatic carbocycles. The van der Waals surface area contributed by atoms with Crippen molar-refractivity contribution in [1.82, 2.24) is 5.32 Å². The molecular weight excluding hydrogens is 188 g/mol. The maximum atomic E-state index is 9.80. The molecule has 15 heavy (non-hydrogen) atoms. The second-order valence-corrected chi connectivity index (χ2v) is 3.46. The zero-order valence-corrected chi connectivity index (χ0v) is 8.90. The van der Waals surface area contributed by atoms with Crippen molar-refractivity contribution in [3.8, 4) is 6.07 Å². The average Bonchev–Trinajstić information content (AvgIpc) is 2.29. The number of nitrogens with one attached hydrogen (secondary N) is 1. The van der Waals surface area contributed by atoms with Gasteiger partial charge in [-0.3, -0.25) is 0 Å². The summed E-state index contributed by atoms with van der Waals surface area (Å²) in [6, 6.07) is 9.13. The molecule has 80 valence electrons. The third kappa shape index (κ3) is 3.70. The van der Waals surface area contributed by atoms with Crippen LogP contribution in [0.4, 0.5) is 0 Å². The molecule has 1 atom stereocenters. The molecule has 0 aliphatic carbocycles. The number of benzene rings is 1. The number of nitrogens with zero attached hydrogens (tertiary/aromatic N) is 1. The second-order valence-electron chi connectivity index (χ2n) is 3.46. The van der Waals surface area contributed by atoms with E-state index in [2.05, 4.69) is 18.3 Å². The summed E-state index contributed by atoms with van der Waals surface area (Å²) in [5.41, 5.74) is 1.37. The van der Waals surface area contributed by atoms with E-state index in [1.54, 1.807) is 18.2 Å². The fraction of sp³-hybridized carbons (Fsp3) is 0.417. The quantitative estimate of drug-likeness (QED) is 0.716. The molecule has 2 N–H and O–H groups in total. The van der Waals surface area contributed by atoms with E-state index < -0.39 is 6.10 Å². The van der Waals surface area contributed by atoms with Crippen LogP contribution in [-0.2, 0) is 0 Å². The van der Waals surface area contributed by atoms with Crippen molar-refractivity contribution in [3.05, 3.63) is 35.4 Å². The minimum Gasteiger partial charge on any atom is -0.387 e. The van der Waals surface area contributed by atoms with E-state index in [0.717, 1.165) is 18.5 Å². The van der Waals surface area contributed by atoms with Gasteiger partial charge in [0.05, 0.1) is 17.7 Å². The van der Waals surface area contributed by atoms with E-state index in [-0.39, 0.29) is 0 Å². The Kier molecular flexibility index (Phi) is 4.82. The Balaban J connectivity index is 2.57. The van der Waals surface area contributed by atoms with Gasteiger partial charge in [0.15, 0.2) is 0 Å². The monoisotopic (exact) mass is 204 g/mol. The van der Waals surface area contributed by atoms with E-state index in [9.17, 15) is 5.11 Å².